The second-order valence-electron chi connectivity index (χ2n) is 5.09. The van der Waals surface area contributed by atoms with Crippen LogP contribution in [-0.4, -0.2) is 25.3 Å². The Morgan fingerprint density at radius 2 is 1.84 bits per heavy atom. The first-order chi connectivity index (χ1) is 11.7. The number of nitrogens with zero attached hydrogens (tertiary/aromatic N) is 1. The van der Waals surface area contributed by atoms with Crippen LogP contribution in [0.2, 0.25) is 0 Å². The van der Waals surface area contributed by atoms with Crippen molar-refractivity contribution in [3.63, 3.8) is 0 Å². The van der Waals surface area contributed by atoms with Crippen molar-refractivity contribution in [2.75, 3.05) is 5.32 Å². The van der Waals surface area contributed by atoms with Crippen LogP contribution in [-0.2, 0) is 14.8 Å². The van der Waals surface area contributed by atoms with Crippen molar-refractivity contribution >= 4 is 27.3 Å². The van der Waals surface area contributed by atoms with Crippen molar-refractivity contribution in [2.24, 2.45) is 0 Å². The van der Waals surface area contributed by atoms with E-state index in [1.807, 2.05) is 0 Å². The van der Waals surface area contributed by atoms with E-state index in [-0.39, 0.29) is 16.3 Å². The Kier molecular flexibility index (Phi) is 5.45. The third kappa shape index (κ3) is 4.81. The molecule has 10 heteroatoms. The Bertz CT molecular complexity index is 900. The van der Waals surface area contributed by atoms with E-state index in [4.69, 9.17) is 0 Å². The van der Waals surface area contributed by atoms with Crippen molar-refractivity contribution in [2.45, 2.75) is 17.9 Å². The molecule has 0 bridgehead atoms. The fraction of sp³-hybridized carbons (Fsp3) is 0.133. The van der Waals surface area contributed by atoms with Gasteiger partial charge in [0.25, 0.3) is 5.69 Å². The van der Waals surface area contributed by atoms with Gasteiger partial charge in [0.2, 0.25) is 15.9 Å². The molecule has 0 fully saturated rings. The lowest BCUT2D eigenvalue weighted by Crippen LogP contribution is -2.41. The third-order valence-corrected chi connectivity index (χ3v) is 4.73. The van der Waals surface area contributed by atoms with Crippen LogP contribution in [0.1, 0.15) is 6.92 Å². The number of carbonyl (C=O) groups excluding carboxylic acids is 1. The molecule has 2 rings (SSSR count). The highest BCUT2D eigenvalue weighted by Gasteiger charge is 2.22. The van der Waals surface area contributed by atoms with Gasteiger partial charge in [0.1, 0.15) is 5.82 Å². The molecule has 2 aromatic carbocycles. The number of rotatable bonds is 6. The average Bonchev–Trinajstić information content (AvgIpc) is 2.55. The summed E-state index contributed by atoms with van der Waals surface area (Å²) in [6.07, 6.45) is 0. The van der Waals surface area contributed by atoms with Gasteiger partial charge < -0.3 is 5.32 Å². The van der Waals surface area contributed by atoms with Crippen LogP contribution in [0.4, 0.5) is 15.8 Å². The number of nitro benzene ring substituents is 1. The molecule has 0 aromatic heterocycles. The van der Waals surface area contributed by atoms with Crippen LogP contribution in [0.3, 0.4) is 0 Å². The average molecular weight is 367 g/mol. The molecule has 2 N–H and O–H groups in total. The highest BCUT2D eigenvalue weighted by molar-refractivity contribution is 7.89. The minimum Gasteiger partial charge on any atom is -0.324 e. The number of hydrogen-bond acceptors (Lipinski definition) is 5. The Morgan fingerprint density at radius 3 is 2.44 bits per heavy atom. The second-order valence-corrected chi connectivity index (χ2v) is 6.81. The maximum absolute atomic E-state index is 12.9. The SMILES string of the molecule is CC(NS(=O)(=O)c1ccc(F)cc1)C(=O)Nc1cccc([N+](=O)[O-])c1. The van der Waals surface area contributed by atoms with Crippen molar-refractivity contribution in [3.05, 3.63) is 64.5 Å². The summed E-state index contributed by atoms with van der Waals surface area (Å²) in [5, 5.41) is 13.1. The largest absolute Gasteiger partial charge is 0.324 e. The number of sulfonamides is 1. The van der Waals surface area contributed by atoms with Gasteiger partial charge in [-0.05, 0) is 37.3 Å². The van der Waals surface area contributed by atoms with E-state index in [0.717, 1.165) is 30.3 Å². The Labute approximate surface area is 142 Å². The summed E-state index contributed by atoms with van der Waals surface area (Å²) < 4.78 is 39.3. The number of halogens is 1. The number of amides is 1. The number of benzene rings is 2. The van der Waals surface area contributed by atoms with Gasteiger partial charge in [-0.1, -0.05) is 6.07 Å². The van der Waals surface area contributed by atoms with Crippen LogP contribution < -0.4 is 10.0 Å². The molecule has 1 atom stereocenters. The van der Waals surface area contributed by atoms with E-state index in [2.05, 4.69) is 10.0 Å². The summed E-state index contributed by atoms with van der Waals surface area (Å²) in [5.41, 5.74) is -0.0515. The van der Waals surface area contributed by atoms with Gasteiger partial charge in [0, 0.05) is 17.8 Å². The molecule has 0 aliphatic carbocycles. The minimum atomic E-state index is -4.02. The molecule has 0 saturated carbocycles. The topological polar surface area (TPSA) is 118 Å². The summed E-state index contributed by atoms with van der Waals surface area (Å²) >= 11 is 0. The van der Waals surface area contributed by atoms with Crippen LogP contribution in [0, 0.1) is 15.9 Å². The van der Waals surface area contributed by atoms with Crippen LogP contribution in [0.15, 0.2) is 53.4 Å². The van der Waals surface area contributed by atoms with Crippen LogP contribution in [0.5, 0.6) is 0 Å². The number of nitrogens with one attached hydrogen (secondary N) is 2. The lowest BCUT2D eigenvalue weighted by Gasteiger charge is -2.14. The standard InChI is InChI=1S/C15H14FN3O5S/c1-10(18-25(23,24)14-7-5-11(16)6-8-14)15(20)17-12-3-2-4-13(9-12)19(21)22/h2-10,18H,1H3,(H,17,20). The summed E-state index contributed by atoms with van der Waals surface area (Å²) in [7, 11) is -4.02. The highest BCUT2D eigenvalue weighted by Crippen LogP contribution is 2.17. The summed E-state index contributed by atoms with van der Waals surface area (Å²) in [6, 6.07) is 8.20. The van der Waals surface area contributed by atoms with Crippen molar-refractivity contribution < 1.29 is 22.5 Å². The van der Waals surface area contributed by atoms with E-state index in [1.165, 1.54) is 25.1 Å². The zero-order chi connectivity index (χ0) is 18.6. The van der Waals surface area contributed by atoms with Gasteiger partial charge in [-0.3, -0.25) is 14.9 Å². The Balaban J connectivity index is 2.08. The highest BCUT2D eigenvalue weighted by atomic mass is 32.2. The normalized spacial score (nSPS) is 12.4. The predicted octanol–water partition coefficient (Wildman–Crippen LogP) is 2.04. The fourth-order valence-corrected chi connectivity index (χ4v) is 3.12. The van der Waals surface area contributed by atoms with Gasteiger partial charge in [-0.25, -0.2) is 12.8 Å². The van der Waals surface area contributed by atoms with Gasteiger partial charge in [0.05, 0.1) is 15.9 Å². The monoisotopic (exact) mass is 367 g/mol. The Hall–Kier alpha value is -2.85. The fourth-order valence-electron chi connectivity index (χ4n) is 1.92. The zero-order valence-electron chi connectivity index (χ0n) is 13.0. The molecule has 8 nitrogen and oxygen atoms in total. The van der Waals surface area contributed by atoms with Gasteiger partial charge in [-0.15, -0.1) is 0 Å². The quantitative estimate of drug-likeness (QED) is 0.598. The van der Waals surface area contributed by atoms with E-state index in [1.54, 1.807) is 0 Å². The van der Waals surface area contributed by atoms with Gasteiger partial charge in [0.15, 0.2) is 0 Å². The zero-order valence-corrected chi connectivity index (χ0v) is 13.8. The first kappa shape index (κ1) is 18.5. The lowest BCUT2D eigenvalue weighted by atomic mass is 10.2. The van der Waals surface area contributed by atoms with E-state index >= 15 is 0 Å². The van der Waals surface area contributed by atoms with E-state index in [9.17, 15) is 27.7 Å². The minimum absolute atomic E-state index is 0.159. The smallest absolute Gasteiger partial charge is 0.271 e. The first-order valence-corrected chi connectivity index (χ1v) is 8.50. The molecular weight excluding hydrogens is 353 g/mol. The number of non-ortho nitro benzene ring substituents is 1. The molecule has 1 unspecified atom stereocenters. The maximum Gasteiger partial charge on any atom is 0.271 e. The van der Waals surface area contributed by atoms with Crippen LogP contribution in [0.25, 0.3) is 0 Å². The lowest BCUT2D eigenvalue weighted by molar-refractivity contribution is -0.384. The third-order valence-electron chi connectivity index (χ3n) is 3.17. The number of anilines is 1. The first-order valence-electron chi connectivity index (χ1n) is 7.02. The molecular formula is C15H14FN3O5S. The van der Waals surface area contributed by atoms with Crippen LogP contribution >= 0.6 is 0 Å². The van der Waals surface area contributed by atoms with Crippen molar-refractivity contribution in [1.82, 2.24) is 4.72 Å². The van der Waals surface area contributed by atoms with Crippen molar-refractivity contribution in [3.8, 4) is 0 Å². The summed E-state index contributed by atoms with van der Waals surface area (Å²) in [6.45, 7) is 1.31. The van der Waals surface area contributed by atoms with Gasteiger partial charge >= 0.3 is 0 Å². The molecule has 25 heavy (non-hydrogen) atoms. The molecule has 0 saturated heterocycles. The Morgan fingerprint density at radius 1 is 1.20 bits per heavy atom. The molecule has 0 heterocycles. The summed E-state index contributed by atoms with van der Waals surface area (Å²) in [5.74, 6) is -1.29. The molecule has 0 aliphatic heterocycles. The second kappa shape index (κ2) is 7.36. The number of carbonyl (C=O) groups is 1. The van der Waals surface area contributed by atoms with Crippen molar-refractivity contribution in [1.29, 1.82) is 0 Å². The molecule has 0 radical (unpaired) electrons. The number of hydrogen-bond donors (Lipinski definition) is 2. The summed E-state index contributed by atoms with van der Waals surface area (Å²) in [4.78, 5) is 22.0. The number of nitro groups is 1. The molecule has 132 valence electrons. The van der Waals surface area contributed by atoms with Gasteiger partial charge in [-0.2, -0.15) is 4.72 Å². The maximum atomic E-state index is 12.9. The molecule has 1 amide bonds. The molecule has 0 aliphatic rings. The van der Waals surface area contributed by atoms with E-state index in [0.29, 0.717) is 0 Å². The molecule has 2 aromatic rings. The molecule has 0 spiro atoms. The predicted molar refractivity (Wildman–Crippen MR) is 87.9 cm³/mol. The van der Waals surface area contributed by atoms with E-state index < -0.39 is 32.7 Å².